The van der Waals surface area contributed by atoms with Crippen molar-refractivity contribution in [1.82, 2.24) is 0 Å². The van der Waals surface area contributed by atoms with Gasteiger partial charge in [-0.3, -0.25) is 0 Å². The van der Waals surface area contributed by atoms with Gasteiger partial charge >= 0.3 is 5.97 Å². The molecule has 0 amide bonds. The molecule has 0 aliphatic rings. The van der Waals surface area contributed by atoms with Crippen LogP contribution >= 0.6 is 0 Å². The van der Waals surface area contributed by atoms with Crippen molar-refractivity contribution in [3.8, 4) is 0 Å². The Labute approximate surface area is 108 Å². The summed E-state index contributed by atoms with van der Waals surface area (Å²) in [5.74, 6) is -0.499. The molecule has 0 saturated heterocycles. The second-order valence-electron chi connectivity index (χ2n) is 4.43. The van der Waals surface area contributed by atoms with Gasteiger partial charge in [0, 0.05) is 5.57 Å². The topological polar surface area (TPSA) is 76.0 Å². The largest absolute Gasteiger partial charge is 0.459 e. The van der Waals surface area contributed by atoms with Gasteiger partial charge in [-0.15, -0.1) is 0 Å². The standard InChI is InChI=1S/C13H24O5/c1-5-11(6-10(4)15)18-12(7-14)8-17-13(16)9(2)3/h10-12,14-15H,2,5-8H2,1,3-4H3. The third kappa shape index (κ3) is 7.42. The SMILES string of the molecule is C=C(C)C(=O)OCC(CO)OC(CC)CC(C)O. The average molecular weight is 260 g/mol. The molecule has 0 rings (SSSR count). The summed E-state index contributed by atoms with van der Waals surface area (Å²) in [6.45, 7) is 8.38. The number of aliphatic hydroxyl groups excluding tert-OH is 2. The molecule has 0 radical (unpaired) electrons. The van der Waals surface area contributed by atoms with Gasteiger partial charge in [0.1, 0.15) is 12.7 Å². The van der Waals surface area contributed by atoms with E-state index in [1.54, 1.807) is 13.8 Å². The van der Waals surface area contributed by atoms with Crippen molar-refractivity contribution in [3.63, 3.8) is 0 Å². The first kappa shape index (κ1) is 17.1. The fourth-order valence-corrected chi connectivity index (χ4v) is 1.40. The second kappa shape index (κ2) is 9.08. The van der Waals surface area contributed by atoms with Crippen molar-refractivity contribution in [2.24, 2.45) is 0 Å². The maximum atomic E-state index is 11.2. The van der Waals surface area contributed by atoms with Gasteiger partial charge in [0.05, 0.1) is 18.8 Å². The zero-order chi connectivity index (χ0) is 14.1. The lowest BCUT2D eigenvalue weighted by Crippen LogP contribution is -2.32. The summed E-state index contributed by atoms with van der Waals surface area (Å²) in [6.07, 6.45) is 0.00649. The van der Waals surface area contributed by atoms with Crippen LogP contribution in [0.25, 0.3) is 0 Å². The maximum absolute atomic E-state index is 11.2. The zero-order valence-electron chi connectivity index (χ0n) is 11.4. The van der Waals surface area contributed by atoms with Gasteiger partial charge in [-0.05, 0) is 26.7 Å². The molecule has 0 aromatic rings. The van der Waals surface area contributed by atoms with Gasteiger partial charge in [-0.25, -0.2) is 4.79 Å². The lowest BCUT2D eigenvalue weighted by Gasteiger charge is -2.23. The van der Waals surface area contributed by atoms with E-state index in [1.165, 1.54) is 0 Å². The van der Waals surface area contributed by atoms with Gasteiger partial charge in [-0.2, -0.15) is 0 Å². The van der Waals surface area contributed by atoms with Gasteiger partial charge in [-0.1, -0.05) is 13.5 Å². The lowest BCUT2D eigenvalue weighted by atomic mass is 10.1. The molecule has 0 aliphatic carbocycles. The van der Waals surface area contributed by atoms with Gasteiger partial charge in [0.15, 0.2) is 0 Å². The van der Waals surface area contributed by atoms with Crippen LogP contribution in [0.2, 0.25) is 0 Å². The zero-order valence-corrected chi connectivity index (χ0v) is 11.4. The Hall–Kier alpha value is -0.910. The Morgan fingerprint density at radius 2 is 2.00 bits per heavy atom. The number of esters is 1. The first-order chi connectivity index (χ1) is 8.40. The minimum absolute atomic E-state index is 0.0154. The first-order valence-electron chi connectivity index (χ1n) is 6.17. The molecule has 5 heteroatoms. The highest BCUT2D eigenvalue weighted by Crippen LogP contribution is 2.10. The Balaban J connectivity index is 4.15. The third-order valence-electron chi connectivity index (χ3n) is 2.40. The van der Waals surface area contributed by atoms with Gasteiger partial charge in [0.2, 0.25) is 0 Å². The minimum atomic E-state index is -0.572. The van der Waals surface area contributed by atoms with Crippen LogP contribution in [-0.4, -0.2) is 47.7 Å². The van der Waals surface area contributed by atoms with Crippen molar-refractivity contribution in [2.45, 2.75) is 51.9 Å². The molecule has 0 fully saturated rings. The summed E-state index contributed by atoms with van der Waals surface area (Å²) < 4.78 is 10.5. The molecule has 0 spiro atoms. The highest BCUT2D eigenvalue weighted by molar-refractivity contribution is 5.86. The van der Waals surface area contributed by atoms with Crippen LogP contribution in [-0.2, 0) is 14.3 Å². The Kier molecular flexibility index (Phi) is 8.62. The van der Waals surface area contributed by atoms with Crippen LogP contribution in [0.15, 0.2) is 12.2 Å². The van der Waals surface area contributed by atoms with Crippen molar-refractivity contribution >= 4 is 5.97 Å². The van der Waals surface area contributed by atoms with Crippen molar-refractivity contribution in [3.05, 3.63) is 12.2 Å². The number of aliphatic hydroxyl groups is 2. The molecule has 0 saturated carbocycles. The fraction of sp³-hybridized carbons (Fsp3) is 0.769. The van der Waals surface area contributed by atoms with Crippen LogP contribution in [0.5, 0.6) is 0 Å². The number of carbonyl (C=O) groups is 1. The van der Waals surface area contributed by atoms with E-state index in [1.807, 2.05) is 6.92 Å². The van der Waals surface area contributed by atoms with Crippen LogP contribution < -0.4 is 0 Å². The predicted octanol–water partition coefficient (Wildman–Crippen LogP) is 1.03. The average Bonchev–Trinajstić information content (AvgIpc) is 2.31. The first-order valence-corrected chi connectivity index (χ1v) is 6.17. The summed E-state index contributed by atoms with van der Waals surface area (Å²) in [7, 11) is 0. The number of hydrogen-bond acceptors (Lipinski definition) is 5. The molecule has 2 N–H and O–H groups in total. The highest BCUT2D eigenvalue weighted by Gasteiger charge is 2.18. The second-order valence-corrected chi connectivity index (χ2v) is 4.43. The molecule has 0 aromatic heterocycles. The molecule has 0 aliphatic heterocycles. The summed E-state index contributed by atoms with van der Waals surface area (Å²) in [6, 6.07) is 0. The number of carbonyl (C=O) groups excluding carboxylic acids is 1. The van der Waals surface area contributed by atoms with Crippen LogP contribution in [0, 0.1) is 0 Å². The molecular weight excluding hydrogens is 236 g/mol. The summed E-state index contributed by atoms with van der Waals surface area (Å²) in [4.78, 5) is 11.2. The number of hydrogen-bond donors (Lipinski definition) is 2. The van der Waals surface area contributed by atoms with Crippen LogP contribution in [0.3, 0.4) is 0 Å². The molecule has 5 nitrogen and oxygen atoms in total. The molecule has 0 heterocycles. The highest BCUT2D eigenvalue weighted by atomic mass is 16.6. The molecule has 18 heavy (non-hydrogen) atoms. The maximum Gasteiger partial charge on any atom is 0.333 e. The van der Waals surface area contributed by atoms with Crippen molar-refractivity contribution in [1.29, 1.82) is 0 Å². The Morgan fingerprint density at radius 1 is 1.39 bits per heavy atom. The third-order valence-corrected chi connectivity index (χ3v) is 2.40. The van der Waals surface area contributed by atoms with Crippen molar-refractivity contribution < 1.29 is 24.5 Å². The lowest BCUT2D eigenvalue weighted by molar-refractivity contribution is -0.147. The van der Waals surface area contributed by atoms with E-state index < -0.39 is 18.2 Å². The van der Waals surface area contributed by atoms with Gasteiger partial charge < -0.3 is 19.7 Å². The Bertz CT molecular complexity index is 262. The van der Waals surface area contributed by atoms with E-state index in [0.29, 0.717) is 12.0 Å². The van der Waals surface area contributed by atoms with E-state index in [-0.39, 0.29) is 19.3 Å². The molecule has 3 unspecified atom stereocenters. The molecule has 3 atom stereocenters. The fourth-order valence-electron chi connectivity index (χ4n) is 1.40. The van der Waals surface area contributed by atoms with E-state index in [9.17, 15) is 9.90 Å². The molecule has 0 aromatic carbocycles. The van der Waals surface area contributed by atoms with E-state index in [0.717, 1.165) is 6.42 Å². The summed E-state index contributed by atoms with van der Waals surface area (Å²) in [5.41, 5.74) is 0.308. The normalized spacial score (nSPS) is 15.8. The molecule has 106 valence electrons. The van der Waals surface area contributed by atoms with Gasteiger partial charge in [0.25, 0.3) is 0 Å². The Morgan fingerprint density at radius 3 is 2.39 bits per heavy atom. The van der Waals surface area contributed by atoms with Crippen LogP contribution in [0.4, 0.5) is 0 Å². The van der Waals surface area contributed by atoms with E-state index >= 15 is 0 Å². The smallest absolute Gasteiger partial charge is 0.333 e. The summed E-state index contributed by atoms with van der Waals surface area (Å²) in [5, 5.41) is 18.4. The van der Waals surface area contributed by atoms with Crippen LogP contribution in [0.1, 0.15) is 33.6 Å². The molecule has 0 bridgehead atoms. The predicted molar refractivity (Wildman–Crippen MR) is 68.1 cm³/mol. The number of rotatable bonds is 9. The summed E-state index contributed by atoms with van der Waals surface area (Å²) >= 11 is 0. The van der Waals surface area contributed by atoms with E-state index in [2.05, 4.69) is 6.58 Å². The molecular formula is C13H24O5. The van der Waals surface area contributed by atoms with Crippen molar-refractivity contribution in [2.75, 3.05) is 13.2 Å². The monoisotopic (exact) mass is 260 g/mol. The minimum Gasteiger partial charge on any atom is -0.459 e. The quantitative estimate of drug-likeness (QED) is 0.478. The number of ether oxygens (including phenoxy) is 2. The van der Waals surface area contributed by atoms with E-state index in [4.69, 9.17) is 14.6 Å².